The van der Waals surface area contributed by atoms with Gasteiger partial charge in [0.05, 0.1) is 0 Å². The van der Waals surface area contributed by atoms with Crippen molar-refractivity contribution in [2.75, 3.05) is 26.2 Å². The zero-order valence-corrected chi connectivity index (χ0v) is 8.02. The minimum atomic E-state index is 0.724. The number of hydrogen-bond donors (Lipinski definition) is 2. The molecule has 3 N–H and O–H groups in total. The van der Waals surface area contributed by atoms with Crippen molar-refractivity contribution in [3.05, 3.63) is 0 Å². The Kier molecular flexibility index (Phi) is 8.18. The van der Waals surface area contributed by atoms with Gasteiger partial charge in [0.25, 0.3) is 0 Å². The van der Waals surface area contributed by atoms with Gasteiger partial charge in [0.1, 0.15) is 10.5 Å². The molecule has 0 heterocycles. The number of hydrogen-bond acceptors (Lipinski definition) is 3. The van der Waals surface area contributed by atoms with Gasteiger partial charge in [-0.2, -0.15) is 0 Å². The Hall–Kier alpha value is 0.0969. The van der Waals surface area contributed by atoms with Crippen molar-refractivity contribution in [3.8, 4) is 0 Å². The number of nitrogens with two attached hydrogens (primary N) is 1. The van der Waals surface area contributed by atoms with Crippen LogP contribution in [0, 0.1) is 0 Å². The number of nitrogens with one attached hydrogen (secondary N) is 1. The highest BCUT2D eigenvalue weighted by Gasteiger charge is 1.83. The predicted octanol–water partition coefficient (Wildman–Crippen LogP) is -1.78. The molecule has 0 amide bonds. The Morgan fingerprint density at radius 3 is 2.78 bits per heavy atom. The van der Waals surface area contributed by atoms with Crippen molar-refractivity contribution in [2.24, 2.45) is 5.73 Å². The van der Waals surface area contributed by atoms with E-state index in [9.17, 15) is 0 Å². The maximum absolute atomic E-state index is 5.26. The van der Waals surface area contributed by atoms with Crippen LogP contribution in [0.1, 0.15) is 6.42 Å². The van der Waals surface area contributed by atoms with Crippen LogP contribution in [0.15, 0.2) is 0 Å². The maximum atomic E-state index is 5.26. The summed E-state index contributed by atoms with van der Waals surface area (Å²) in [5.74, 6) is 0. The molecule has 3 nitrogen and oxygen atoms in total. The average Bonchev–Trinajstić information content (AvgIpc) is 1.89. The molecule has 0 bridgehead atoms. The van der Waals surface area contributed by atoms with E-state index in [0.29, 0.717) is 0 Å². The molecule has 9 heavy (non-hydrogen) atoms. The topological polar surface area (TPSA) is 47.3 Å². The van der Waals surface area contributed by atoms with Gasteiger partial charge in [-0.15, -0.1) is 0 Å². The fraction of sp³-hybridized carbons (Fsp3) is 1.00. The van der Waals surface area contributed by atoms with Crippen molar-refractivity contribution >= 4 is 10.5 Å². The van der Waals surface area contributed by atoms with Gasteiger partial charge in [-0.25, -0.2) is 0 Å². The van der Waals surface area contributed by atoms with Gasteiger partial charge in [0.15, 0.2) is 0 Å². The zero-order chi connectivity index (χ0) is 6.95. The van der Waals surface area contributed by atoms with Crippen LogP contribution in [0.25, 0.3) is 0 Å². The number of rotatable bonds is 6. The van der Waals surface area contributed by atoms with Crippen LogP contribution in [0.4, 0.5) is 0 Å². The van der Waals surface area contributed by atoms with Gasteiger partial charge in [0, 0.05) is 19.7 Å². The van der Waals surface area contributed by atoms with Crippen molar-refractivity contribution in [1.29, 1.82) is 0 Å². The van der Waals surface area contributed by atoms with E-state index in [1.165, 1.54) is 0 Å². The van der Waals surface area contributed by atoms with Gasteiger partial charge in [-0.3, -0.25) is 0 Å². The van der Waals surface area contributed by atoms with Crippen molar-refractivity contribution in [2.45, 2.75) is 6.42 Å². The molecule has 0 aromatic heterocycles. The predicted molar refractivity (Wildman–Crippen MR) is 42.4 cm³/mol. The summed E-state index contributed by atoms with van der Waals surface area (Å²) in [7, 11) is 0.856. The van der Waals surface area contributed by atoms with Gasteiger partial charge >= 0.3 is 0 Å². The molecule has 0 aromatic carbocycles. The molecule has 0 aliphatic rings. The average molecular weight is 148 g/mol. The smallest absolute Gasteiger partial charge is 0.145 e. The van der Waals surface area contributed by atoms with Gasteiger partial charge in [-0.05, 0) is 13.0 Å². The third-order valence-electron chi connectivity index (χ3n) is 1.02. The summed E-state index contributed by atoms with van der Waals surface area (Å²) < 4.78 is 4.99. The molecule has 4 heteroatoms. The first-order valence-corrected chi connectivity index (χ1v) is 4.13. The second-order valence-electron chi connectivity index (χ2n) is 1.89. The van der Waals surface area contributed by atoms with Crippen LogP contribution < -0.4 is 11.1 Å². The largest absolute Gasteiger partial charge is 0.428 e. The lowest BCUT2D eigenvalue weighted by Crippen LogP contribution is -2.23. The van der Waals surface area contributed by atoms with Crippen LogP contribution in [-0.4, -0.2) is 36.7 Å². The highest BCUT2D eigenvalue weighted by atomic mass is 28.2. The van der Waals surface area contributed by atoms with Crippen LogP contribution in [0.2, 0.25) is 0 Å². The van der Waals surface area contributed by atoms with Crippen molar-refractivity contribution in [1.82, 2.24) is 5.32 Å². The van der Waals surface area contributed by atoms with E-state index in [1.807, 2.05) is 0 Å². The summed E-state index contributed by atoms with van der Waals surface area (Å²) in [5.41, 5.74) is 5.26. The van der Waals surface area contributed by atoms with Crippen LogP contribution >= 0.6 is 0 Å². The maximum Gasteiger partial charge on any atom is 0.145 e. The molecule has 0 aliphatic heterocycles. The molecule has 0 saturated carbocycles. The van der Waals surface area contributed by atoms with Crippen molar-refractivity contribution in [3.63, 3.8) is 0 Å². The third kappa shape index (κ3) is 8.10. The molecule has 0 aromatic rings. The summed E-state index contributed by atoms with van der Waals surface area (Å²) in [6.07, 6.45) is 1.10. The second kappa shape index (κ2) is 8.10. The fourth-order valence-electron chi connectivity index (χ4n) is 0.569. The lowest BCUT2D eigenvalue weighted by atomic mass is 10.4. The summed E-state index contributed by atoms with van der Waals surface area (Å²) >= 11 is 0. The first-order valence-electron chi connectivity index (χ1n) is 3.31. The van der Waals surface area contributed by atoms with E-state index < -0.39 is 0 Å². The Morgan fingerprint density at radius 1 is 1.44 bits per heavy atom. The lowest BCUT2D eigenvalue weighted by molar-refractivity contribution is 0.338. The highest BCUT2D eigenvalue weighted by molar-refractivity contribution is 5.97. The summed E-state index contributed by atoms with van der Waals surface area (Å²) in [6, 6.07) is 0. The lowest BCUT2D eigenvalue weighted by Gasteiger charge is -2.00. The fourth-order valence-corrected chi connectivity index (χ4v) is 0.857. The first kappa shape index (κ1) is 9.10. The summed E-state index contributed by atoms with van der Waals surface area (Å²) in [6.45, 7) is 3.56. The Morgan fingerprint density at radius 2 is 2.22 bits per heavy atom. The molecule has 0 unspecified atom stereocenters. The van der Waals surface area contributed by atoms with Crippen LogP contribution in [0.5, 0.6) is 0 Å². The monoisotopic (exact) mass is 148 g/mol. The van der Waals surface area contributed by atoms with E-state index in [-0.39, 0.29) is 0 Å². The minimum Gasteiger partial charge on any atom is -0.428 e. The molecule has 0 saturated heterocycles. The molecule has 0 aliphatic carbocycles. The third-order valence-corrected chi connectivity index (χ3v) is 1.43. The van der Waals surface area contributed by atoms with Crippen molar-refractivity contribution < 1.29 is 4.43 Å². The van der Waals surface area contributed by atoms with E-state index >= 15 is 0 Å². The summed E-state index contributed by atoms with van der Waals surface area (Å²) in [5, 5.41) is 3.18. The van der Waals surface area contributed by atoms with Gasteiger partial charge in [0.2, 0.25) is 0 Å². The van der Waals surface area contributed by atoms with Crippen LogP contribution in [0.3, 0.4) is 0 Å². The Bertz CT molecular complexity index is 48.2. The second-order valence-corrected chi connectivity index (χ2v) is 2.46. The van der Waals surface area contributed by atoms with E-state index in [2.05, 4.69) is 5.32 Å². The van der Waals surface area contributed by atoms with Gasteiger partial charge < -0.3 is 15.5 Å². The molecular formula is C5H16N2OSi. The normalized spacial score (nSPS) is 10.3. The molecule has 56 valence electrons. The van der Waals surface area contributed by atoms with E-state index in [1.54, 1.807) is 0 Å². The molecular weight excluding hydrogens is 132 g/mol. The molecule has 0 spiro atoms. The quantitative estimate of drug-likeness (QED) is 0.346. The SMILES string of the molecule is NCCNCCCO[SiH3]. The van der Waals surface area contributed by atoms with E-state index in [4.69, 9.17) is 10.2 Å². The standard InChI is InChI=1S/C5H16N2OSi/c6-2-4-7-3-1-5-8-9/h7H,1-6H2,9H3. The Labute approximate surface area is 59.5 Å². The molecule has 0 atom stereocenters. The van der Waals surface area contributed by atoms with Gasteiger partial charge in [-0.1, -0.05) is 0 Å². The first-order chi connectivity index (χ1) is 4.41. The molecule has 0 radical (unpaired) electrons. The zero-order valence-electron chi connectivity index (χ0n) is 6.02. The minimum absolute atomic E-state index is 0.724. The highest BCUT2D eigenvalue weighted by Crippen LogP contribution is 1.74. The molecule has 0 fully saturated rings. The van der Waals surface area contributed by atoms with E-state index in [0.717, 1.165) is 43.1 Å². The Balaban J connectivity index is 2.60. The summed E-state index contributed by atoms with van der Waals surface area (Å²) in [4.78, 5) is 0. The molecule has 0 rings (SSSR count). The van der Waals surface area contributed by atoms with Crippen LogP contribution in [-0.2, 0) is 4.43 Å².